The quantitative estimate of drug-likeness (QED) is 0.543. The molecule has 2 aromatic rings. The molecule has 2 aromatic carbocycles. The second-order valence-corrected chi connectivity index (χ2v) is 10.3. The molecule has 1 aliphatic heterocycles. The van der Waals surface area contributed by atoms with E-state index in [0.717, 1.165) is 12.8 Å². The second kappa shape index (κ2) is 10.7. The highest BCUT2D eigenvalue weighted by atomic mass is 35.5. The predicted molar refractivity (Wildman–Crippen MR) is 121 cm³/mol. The maximum atomic E-state index is 13.8. The van der Waals surface area contributed by atoms with Gasteiger partial charge in [0.05, 0.1) is 17.6 Å². The van der Waals surface area contributed by atoms with E-state index in [4.69, 9.17) is 16.3 Å². The molecule has 31 heavy (non-hydrogen) atoms. The highest BCUT2D eigenvalue weighted by molar-refractivity contribution is 7.98. The van der Waals surface area contributed by atoms with Gasteiger partial charge in [0, 0.05) is 41.7 Å². The molecule has 168 valence electrons. The van der Waals surface area contributed by atoms with Crippen molar-refractivity contribution in [2.75, 3.05) is 32.5 Å². The molecule has 0 aliphatic carbocycles. The van der Waals surface area contributed by atoms with Crippen molar-refractivity contribution < 1.29 is 22.3 Å². The highest BCUT2D eigenvalue weighted by Crippen LogP contribution is 2.26. The van der Waals surface area contributed by atoms with Gasteiger partial charge in [0.15, 0.2) is 0 Å². The summed E-state index contributed by atoms with van der Waals surface area (Å²) in [6.45, 7) is 1.46. The third-order valence-corrected chi connectivity index (χ3v) is 7.75. The van der Waals surface area contributed by atoms with Crippen LogP contribution in [0, 0.1) is 5.82 Å². The number of rotatable bonds is 9. The minimum atomic E-state index is -3.82. The first kappa shape index (κ1) is 23.8. The van der Waals surface area contributed by atoms with Crippen molar-refractivity contribution in [1.82, 2.24) is 9.62 Å². The summed E-state index contributed by atoms with van der Waals surface area (Å²) >= 11 is 7.37. The van der Waals surface area contributed by atoms with E-state index in [1.165, 1.54) is 49.2 Å². The van der Waals surface area contributed by atoms with Gasteiger partial charge in [-0.1, -0.05) is 17.7 Å². The first-order valence-electron chi connectivity index (χ1n) is 9.81. The van der Waals surface area contributed by atoms with Gasteiger partial charge >= 0.3 is 0 Å². The average Bonchev–Trinajstić information content (AvgIpc) is 3.29. The Balaban J connectivity index is 1.62. The van der Waals surface area contributed by atoms with Crippen LogP contribution in [0.5, 0.6) is 5.75 Å². The molecule has 10 heteroatoms. The van der Waals surface area contributed by atoms with Crippen molar-refractivity contribution in [3.05, 3.63) is 58.4 Å². The number of hydrogen-bond donors (Lipinski definition) is 1. The molecule has 0 atom stereocenters. The normalized spacial score (nSPS) is 14.1. The van der Waals surface area contributed by atoms with E-state index in [0.29, 0.717) is 40.9 Å². The average molecular weight is 487 g/mol. The van der Waals surface area contributed by atoms with E-state index in [-0.39, 0.29) is 28.7 Å². The number of nitrogens with zero attached hydrogens (tertiary/aromatic N) is 1. The Morgan fingerprint density at radius 3 is 2.68 bits per heavy atom. The number of carbonyl (C=O) groups is 1. The summed E-state index contributed by atoms with van der Waals surface area (Å²) in [4.78, 5) is 14.5. The van der Waals surface area contributed by atoms with E-state index in [1.807, 2.05) is 0 Å². The highest BCUT2D eigenvalue weighted by Gasteiger charge is 2.25. The van der Waals surface area contributed by atoms with Gasteiger partial charge in [-0.2, -0.15) is 11.8 Å². The molecule has 1 heterocycles. The molecular weight excluding hydrogens is 463 g/mol. The van der Waals surface area contributed by atoms with Crippen LogP contribution in [-0.4, -0.2) is 51.7 Å². The van der Waals surface area contributed by atoms with E-state index in [2.05, 4.69) is 4.72 Å². The SMILES string of the molecule is COc1ccc(S(=O)(=O)NCCSCc2c(F)cccc2Cl)cc1C(=O)N1CCCC1. The lowest BCUT2D eigenvalue weighted by Crippen LogP contribution is -2.29. The number of halogens is 2. The molecule has 0 unspecified atom stereocenters. The lowest BCUT2D eigenvalue weighted by atomic mass is 10.1. The Morgan fingerprint density at radius 1 is 1.26 bits per heavy atom. The van der Waals surface area contributed by atoms with E-state index >= 15 is 0 Å². The Kier molecular flexibility index (Phi) is 8.21. The van der Waals surface area contributed by atoms with Crippen molar-refractivity contribution in [1.29, 1.82) is 0 Å². The van der Waals surface area contributed by atoms with Crippen LogP contribution in [0.25, 0.3) is 0 Å². The topological polar surface area (TPSA) is 75.7 Å². The Hall–Kier alpha value is -1.81. The van der Waals surface area contributed by atoms with Gasteiger partial charge in [-0.25, -0.2) is 17.5 Å². The molecule has 0 spiro atoms. The summed E-state index contributed by atoms with van der Waals surface area (Å²) in [5.41, 5.74) is 0.632. The van der Waals surface area contributed by atoms with Gasteiger partial charge in [-0.15, -0.1) is 0 Å². The first-order valence-corrected chi connectivity index (χ1v) is 12.8. The number of amides is 1. The second-order valence-electron chi connectivity index (χ2n) is 7.01. The fourth-order valence-corrected chi connectivity index (χ4v) is 5.67. The van der Waals surface area contributed by atoms with Gasteiger partial charge in [0.1, 0.15) is 11.6 Å². The summed E-state index contributed by atoms with van der Waals surface area (Å²) in [6, 6.07) is 8.76. The number of ether oxygens (including phenoxy) is 1. The van der Waals surface area contributed by atoms with Crippen LogP contribution < -0.4 is 9.46 Å². The van der Waals surface area contributed by atoms with E-state index in [1.54, 1.807) is 11.0 Å². The molecule has 1 amide bonds. The van der Waals surface area contributed by atoms with Crippen LogP contribution in [-0.2, 0) is 15.8 Å². The zero-order valence-electron chi connectivity index (χ0n) is 17.1. The van der Waals surface area contributed by atoms with Crippen molar-refractivity contribution >= 4 is 39.3 Å². The minimum Gasteiger partial charge on any atom is -0.496 e. The smallest absolute Gasteiger partial charge is 0.257 e. The molecule has 1 aliphatic rings. The number of benzene rings is 2. The Morgan fingerprint density at radius 2 is 2.00 bits per heavy atom. The summed E-state index contributed by atoms with van der Waals surface area (Å²) in [7, 11) is -2.37. The maximum absolute atomic E-state index is 13.8. The minimum absolute atomic E-state index is 0.00186. The maximum Gasteiger partial charge on any atom is 0.257 e. The largest absolute Gasteiger partial charge is 0.496 e. The third kappa shape index (κ3) is 5.91. The molecule has 0 aromatic heterocycles. The number of nitrogens with one attached hydrogen (secondary N) is 1. The molecule has 6 nitrogen and oxygen atoms in total. The predicted octanol–water partition coefficient (Wildman–Crippen LogP) is 3.94. The fraction of sp³-hybridized carbons (Fsp3) is 0.381. The summed E-state index contributed by atoms with van der Waals surface area (Å²) in [6.07, 6.45) is 1.87. The number of thioether (sulfide) groups is 1. The van der Waals surface area contributed by atoms with E-state index in [9.17, 15) is 17.6 Å². The van der Waals surface area contributed by atoms with Crippen molar-refractivity contribution in [3.8, 4) is 5.75 Å². The number of methoxy groups -OCH3 is 1. The summed E-state index contributed by atoms with van der Waals surface area (Å²) < 4.78 is 47.0. The van der Waals surface area contributed by atoms with Crippen molar-refractivity contribution in [2.24, 2.45) is 0 Å². The monoisotopic (exact) mass is 486 g/mol. The zero-order valence-corrected chi connectivity index (χ0v) is 19.5. The van der Waals surface area contributed by atoms with Crippen molar-refractivity contribution in [3.63, 3.8) is 0 Å². The molecule has 0 radical (unpaired) electrons. The van der Waals surface area contributed by atoms with Gasteiger partial charge < -0.3 is 9.64 Å². The Labute approximate surface area is 191 Å². The number of hydrogen-bond acceptors (Lipinski definition) is 5. The van der Waals surface area contributed by atoms with Crippen LogP contribution in [0.4, 0.5) is 4.39 Å². The summed E-state index contributed by atoms with van der Waals surface area (Å²) in [5, 5.41) is 0.349. The van der Waals surface area contributed by atoms with Crippen LogP contribution >= 0.6 is 23.4 Å². The lowest BCUT2D eigenvalue weighted by Gasteiger charge is -2.18. The van der Waals surface area contributed by atoms with Gasteiger partial charge in [0.25, 0.3) is 5.91 Å². The van der Waals surface area contributed by atoms with Crippen LogP contribution in [0.15, 0.2) is 41.3 Å². The molecule has 3 rings (SSSR count). The van der Waals surface area contributed by atoms with E-state index < -0.39 is 10.0 Å². The fourth-order valence-electron chi connectivity index (χ4n) is 3.29. The third-order valence-electron chi connectivity index (χ3n) is 4.95. The van der Waals surface area contributed by atoms with Crippen LogP contribution in [0.3, 0.4) is 0 Å². The zero-order chi connectivity index (χ0) is 22.4. The summed E-state index contributed by atoms with van der Waals surface area (Å²) in [5.74, 6) is 0.495. The van der Waals surface area contributed by atoms with Crippen LogP contribution in [0.1, 0.15) is 28.8 Å². The molecule has 0 saturated carbocycles. The molecular formula is C21H24ClFN2O4S2. The number of carbonyl (C=O) groups excluding carboxylic acids is 1. The van der Waals surface area contributed by atoms with Gasteiger partial charge in [0.2, 0.25) is 10.0 Å². The molecule has 1 saturated heterocycles. The Bertz CT molecular complexity index is 1020. The standard InChI is InChI=1S/C21H24ClFN2O4S2/c1-29-20-8-7-15(13-16(20)21(26)25-10-2-3-11-25)31(27,28)24-9-12-30-14-17-18(22)5-4-6-19(17)23/h4-8,13,24H,2-3,9-12,14H2,1H3. The first-order chi connectivity index (χ1) is 14.8. The van der Waals surface area contributed by atoms with Gasteiger partial charge in [-0.05, 0) is 43.2 Å². The van der Waals surface area contributed by atoms with Crippen molar-refractivity contribution in [2.45, 2.75) is 23.5 Å². The van der Waals surface area contributed by atoms with Crippen LogP contribution in [0.2, 0.25) is 5.02 Å². The van der Waals surface area contributed by atoms with Gasteiger partial charge in [-0.3, -0.25) is 4.79 Å². The molecule has 1 fully saturated rings. The molecule has 0 bridgehead atoms. The molecule has 1 N–H and O–H groups in total. The lowest BCUT2D eigenvalue weighted by molar-refractivity contribution is 0.0789. The number of sulfonamides is 1. The number of likely N-dealkylation sites (tertiary alicyclic amines) is 1.